The molecule has 3 heterocycles. The molecule has 0 aliphatic rings. The summed E-state index contributed by atoms with van der Waals surface area (Å²) in [5.41, 5.74) is 16.0. The predicted molar refractivity (Wildman–Crippen MR) is 118 cm³/mol. The average Bonchev–Trinajstić information content (AvgIpc) is 3.24. The number of nitrogen functional groups attached to an aromatic ring is 1. The number of anilines is 2. The zero-order valence-electron chi connectivity index (χ0n) is 16.0. The van der Waals surface area contributed by atoms with Crippen molar-refractivity contribution in [3.8, 4) is 0 Å². The van der Waals surface area contributed by atoms with E-state index in [0.717, 1.165) is 33.7 Å². The van der Waals surface area contributed by atoms with Crippen LogP contribution in [-0.4, -0.2) is 14.4 Å². The van der Waals surface area contributed by atoms with Crippen LogP contribution < -0.4 is 22.3 Å². The second-order valence-corrected chi connectivity index (χ2v) is 7.41. The Kier molecular flexibility index (Phi) is 6.13. The van der Waals surface area contributed by atoms with Gasteiger partial charge in [-0.05, 0) is 23.8 Å². The van der Waals surface area contributed by atoms with Gasteiger partial charge >= 0.3 is 0 Å². The van der Waals surface area contributed by atoms with Crippen molar-refractivity contribution in [1.82, 2.24) is 14.4 Å². The molecule has 1 aromatic carbocycles. The van der Waals surface area contributed by atoms with E-state index in [1.54, 1.807) is 6.20 Å². The number of fused-ring (bicyclic) bond motifs is 2. The van der Waals surface area contributed by atoms with Crippen molar-refractivity contribution in [3.05, 3.63) is 66.4 Å². The molecule has 4 aromatic rings. The van der Waals surface area contributed by atoms with Gasteiger partial charge in [-0.1, -0.05) is 37.7 Å². The fourth-order valence-corrected chi connectivity index (χ4v) is 3.60. The third-order valence-electron chi connectivity index (χ3n) is 3.97. The first-order valence-electron chi connectivity index (χ1n) is 9.09. The van der Waals surface area contributed by atoms with E-state index >= 15 is 0 Å². The van der Waals surface area contributed by atoms with Gasteiger partial charge < -0.3 is 15.9 Å². The number of benzene rings is 1. The average molecular weight is 396 g/mol. The Balaban J connectivity index is 0.000000706. The van der Waals surface area contributed by atoms with E-state index < -0.39 is 0 Å². The van der Waals surface area contributed by atoms with Crippen LogP contribution >= 0.6 is 11.3 Å². The third kappa shape index (κ3) is 4.24. The molecule has 146 valence electrons. The van der Waals surface area contributed by atoms with Gasteiger partial charge in [0.05, 0.1) is 15.9 Å². The summed E-state index contributed by atoms with van der Waals surface area (Å²) in [5, 5.41) is 2.04. The number of aromatic nitrogens is 3. The molecule has 0 saturated carbocycles. The third-order valence-corrected chi connectivity index (χ3v) is 4.82. The number of imidazole rings is 1. The molecular formula is C20H25N7S. The molecule has 0 aliphatic heterocycles. The second kappa shape index (κ2) is 8.73. The number of thiazole rings is 1. The molecule has 3 aromatic heterocycles. The van der Waals surface area contributed by atoms with Crippen LogP contribution in [0.4, 0.5) is 10.8 Å². The maximum absolute atomic E-state index is 5.90. The normalized spacial score (nSPS) is 11.1. The highest BCUT2D eigenvalue weighted by Crippen LogP contribution is 2.26. The number of hydrogen-bond acceptors (Lipinski definition) is 7. The van der Waals surface area contributed by atoms with Gasteiger partial charge in [0, 0.05) is 43.0 Å². The lowest BCUT2D eigenvalue weighted by molar-refractivity contribution is 1.01. The van der Waals surface area contributed by atoms with Crippen LogP contribution in [0.15, 0.2) is 55.1 Å². The largest absolute Gasteiger partial charge is 0.403 e. The van der Waals surface area contributed by atoms with Crippen molar-refractivity contribution in [2.24, 2.45) is 11.6 Å². The minimum absolute atomic E-state index is 0.590. The summed E-state index contributed by atoms with van der Waals surface area (Å²) < 4.78 is 3.15. The maximum atomic E-state index is 5.90. The molecular weight excluding hydrogens is 370 g/mol. The van der Waals surface area contributed by atoms with E-state index in [0.29, 0.717) is 5.13 Å². The summed E-state index contributed by atoms with van der Waals surface area (Å²) in [7, 11) is 0. The SMILES string of the molecule is CCC.N/C=C\N(N)c1ccn2c(Cc3ccc4nc(N)sc4c3)cnc2c1. The zero-order valence-corrected chi connectivity index (χ0v) is 16.9. The lowest BCUT2D eigenvalue weighted by Gasteiger charge is -2.13. The Morgan fingerprint density at radius 3 is 2.75 bits per heavy atom. The number of hydrogen-bond donors (Lipinski definition) is 3. The predicted octanol–water partition coefficient (Wildman–Crippen LogP) is 3.64. The Labute approximate surface area is 168 Å². The Bertz CT molecular complexity index is 1100. The van der Waals surface area contributed by atoms with Gasteiger partial charge in [0.15, 0.2) is 5.13 Å². The van der Waals surface area contributed by atoms with Gasteiger partial charge in [0.1, 0.15) is 5.65 Å². The van der Waals surface area contributed by atoms with E-state index in [1.807, 2.05) is 30.6 Å². The summed E-state index contributed by atoms with van der Waals surface area (Å²) in [6.45, 7) is 4.25. The molecule has 7 nitrogen and oxygen atoms in total. The monoisotopic (exact) mass is 395 g/mol. The van der Waals surface area contributed by atoms with Gasteiger partial charge in [0.25, 0.3) is 0 Å². The molecule has 0 aliphatic carbocycles. The number of hydrazine groups is 1. The van der Waals surface area contributed by atoms with Crippen molar-refractivity contribution < 1.29 is 0 Å². The summed E-state index contributed by atoms with van der Waals surface area (Å²) in [4.78, 5) is 8.77. The maximum Gasteiger partial charge on any atom is 0.181 e. The second-order valence-electron chi connectivity index (χ2n) is 6.35. The van der Waals surface area contributed by atoms with E-state index in [2.05, 4.69) is 40.3 Å². The molecule has 0 unspecified atom stereocenters. The first kappa shape index (κ1) is 19.7. The molecule has 0 spiro atoms. The smallest absolute Gasteiger partial charge is 0.181 e. The van der Waals surface area contributed by atoms with E-state index in [4.69, 9.17) is 17.3 Å². The molecule has 0 atom stereocenters. The molecule has 6 N–H and O–H groups in total. The van der Waals surface area contributed by atoms with Crippen molar-refractivity contribution >= 4 is 38.0 Å². The van der Waals surface area contributed by atoms with Gasteiger partial charge in [0.2, 0.25) is 0 Å². The highest BCUT2D eigenvalue weighted by Gasteiger charge is 2.08. The lowest BCUT2D eigenvalue weighted by atomic mass is 10.1. The van der Waals surface area contributed by atoms with Crippen LogP contribution in [0.1, 0.15) is 31.5 Å². The summed E-state index contributed by atoms with van der Waals surface area (Å²) in [6, 6.07) is 10.0. The molecule has 0 radical (unpaired) electrons. The highest BCUT2D eigenvalue weighted by atomic mass is 32.1. The Hall–Kier alpha value is -3.10. The van der Waals surface area contributed by atoms with Gasteiger partial charge in [-0.25, -0.2) is 15.8 Å². The number of rotatable bonds is 4. The van der Waals surface area contributed by atoms with Crippen LogP contribution in [0.25, 0.3) is 15.9 Å². The van der Waals surface area contributed by atoms with E-state index in [1.165, 1.54) is 34.5 Å². The summed E-state index contributed by atoms with van der Waals surface area (Å²) in [6.07, 6.45) is 8.84. The Morgan fingerprint density at radius 2 is 2.00 bits per heavy atom. The quantitative estimate of drug-likeness (QED) is 0.359. The summed E-state index contributed by atoms with van der Waals surface area (Å²) in [5.74, 6) is 5.90. The van der Waals surface area contributed by atoms with Crippen molar-refractivity contribution in [2.45, 2.75) is 26.7 Å². The van der Waals surface area contributed by atoms with Gasteiger partial charge in [-0.2, -0.15) is 0 Å². The fraction of sp³-hybridized carbons (Fsp3) is 0.200. The van der Waals surface area contributed by atoms with Crippen LogP contribution in [0, 0.1) is 0 Å². The van der Waals surface area contributed by atoms with Crippen molar-refractivity contribution in [3.63, 3.8) is 0 Å². The highest BCUT2D eigenvalue weighted by molar-refractivity contribution is 7.22. The van der Waals surface area contributed by atoms with Crippen LogP contribution in [0.5, 0.6) is 0 Å². The molecule has 0 amide bonds. The van der Waals surface area contributed by atoms with E-state index in [-0.39, 0.29) is 0 Å². The number of nitrogens with zero attached hydrogens (tertiary/aromatic N) is 4. The standard InChI is InChI=1S/C17H17N7S.C3H8/c18-4-6-24(20)12-3-5-23-13(10-21-16(23)9-12)7-11-1-2-14-15(8-11)25-17(19)22-14;1-3-2/h1-6,8-10H,7,18,20H2,(H2,19,22);3H2,1-2H3/b6-4-;. The lowest BCUT2D eigenvalue weighted by Crippen LogP contribution is -2.24. The van der Waals surface area contributed by atoms with Gasteiger partial charge in [-0.15, -0.1) is 0 Å². The van der Waals surface area contributed by atoms with Crippen molar-refractivity contribution in [1.29, 1.82) is 0 Å². The first-order chi connectivity index (χ1) is 13.5. The Morgan fingerprint density at radius 1 is 1.21 bits per heavy atom. The number of pyridine rings is 1. The first-order valence-corrected chi connectivity index (χ1v) is 9.90. The molecule has 0 bridgehead atoms. The topological polar surface area (TPSA) is 111 Å². The molecule has 0 saturated heterocycles. The zero-order chi connectivity index (χ0) is 20.1. The van der Waals surface area contributed by atoms with Crippen LogP contribution in [-0.2, 0) is 6.42 Å². The minimum atomic E-state index is 0.590. The van der Waals surface area contributed by atoms with Crippen molar-refractivity contribution in [2.75, 3.05) is 10.7 Å². The molecule has 0 fully saturated rings. The van der Waals surface area contributed by atoms with Gasteiger partial charge in [-0.3, -0.25) is 5.01 Å². The molecule has 28 heavy (non-hydrogen) atoms. The summed E-state index contributed by atoms with van der Waals surface area (Å²) >= 11 is 1.50. The molecule has 4 rings (SSSR count). The molecule has 8 heteroatoms. The van der Waals surface area contributed by atoms with E-state index in [9.17, 15) is 0 Å². The fourth-order valence-electron chi connectivity index (χ4n) is 2.80. The van der Waals surface area contributed by atoms with Crippen LogP contribution in [0.3, 0.4) is 0 Å². The van der Waals surface area contributed by atoms with Crippen LogP contribution in [0.2, 0.25) is 0 Å². The number of nitrogens with two attached hydrogens (primary N) is 3. The minimum Gasteiger partial charge on any atom is -0.403 e.